The summed E-state index contributed by atoms with van der Waals surface area (Å²) in [6.07, 6.45) is 6.22. The first-order valence-electron chi connectivity index (χ1n) is 14.4. The van der Waals surface area contributed by atoms with Crippen LogP contribution in [-0.2, 0) is 9.63 Å². The van der Waals surface area contributed by atoms with Crippen molar-refractivity contribution in [1.29, 1.82) is 0 Å². The number of anilines is 4. The van der Waals surface area contributed by atoms with Gasteiger partial charge in [0.2, 0.25) is 11.9 Å². The minimum absolute atomic E-state index is 0.0325. The molecule has 1 unspecified atom stereocenters. The first-order chi connectivity index (χ1) is 20.1. The zero-order valence-electron chi connectivity index (χ0n) is 25.4. The van der Waals surface area contributed by atoms with Crippen LogP contribution in [0.5, 0.6) is 5.75 Å². The maximum atomic E-state index is 12.9. The molecule has 0 saturated carbocycles. The number of hydrogen-bond acceptors (Lipinski definition) is 10. The molecule has 4 rings (SSSR count). The van der Waals surface area contributed by atoms with Gasteiger partial charge in [0.1, 0.15) is 17.5 Å². The van der Waals surface area contributed by atoms with Crippen molar-refractivity contribution in [2.75, 3.05) is 56.0 Å². The van der Waals surface area contributed by atoms with Crippen molar-refractivity contribution in [1.82, 2.24) is 20.2 Å². The number of ether oxygens (including phenoxy) is 1. The molecule has 1 saturated heterocycles. The first kappa shape index (κ1) is 30.8. The Morgan fingerprint density at radius 1 is 1.21 bits per heavy atom. The molecule has 12 heteroatoms. The lowest BCUT2D eigenvalue weighted by molar-refractivity contribution is -0.118. The van der Waals surface area contributed by atoms with Crippen LogP contribution >= 0.6 is 0 Å². The van der Waals surface area contributed by atoms with E-state index in [0.29, 0.717) is 46.9 Å². The number of aromatic nitrogens is 2. The average Bonchev–Trinajstić information content (AvgIpc) is 3.08. The summed E-state index contributed by atoms with van der Waals surface area (Å²) in [7, 11) is 5.34. The van der Waals surface area contributed by atoms with Crippen molar-refractivity contribution in [2.24, 2.45) is 11.1 Å². The van der Waals surface area contributed by atoms with E-state index in [1.807, 2.05) is 6.92 Å². The topological polar surface area (TPSA) is 125 Å². The van der Waals surface area contributed by atoms with Crippen LogP contribution in [0.1, 0.15) is 56.8 Å². The van der Waals surface area contributed by atoms with E-state index < -0.39 is 0 Å². The summed E-state index contributed by atoms with van der Waals surface area (Å²) in [6, 6.07) is 5.38. The van der Waals surface area contributed by atoms with Crippen LogP contribution in [0.2, 0.25) is 0 Å². The van der Waals surface area contributed by atoms with Crippen molar-refractivity contribution in [3.63, 3.8) is 0 Å². The SMILES string of the molecule is COc1cc(C(=O)NC2CCN(C)CC2)ccc1Nc1ncc2c(n1)N(C=C=NOC(C)CC(C)C)CCC(=O)N2C. The number of piperidine rings is 1. The predicted octanol–water partition coefficient (Wildman–Crippen LogP) is 3.78. The molecule has 2 aromatic rings. The van der Waals surface area contributed by atoms with Crippen LogP contribution in [0, 0.1) is 5.92 Å². The van der Waals surface area contributed by atoms with E-state index in [1.165, 1.54) is 0 Å². The van der Waals surface area contributed by atoms with Gasteiger partial charge in [-0.1, -0.05) is 13.8 Å². The number of amides is 2. The fraction of sp³-hybridized carbons (Fsp3) is 0.533. The molecule has 1 aromatic carbocycles. The molecule has 2 N–H and O–H groups in total. The third-order valence-electron chi connectivity index (χ3n) is 7.39. The van der Waals surface area contributed by atoms with Crippen LogP contribution in [0.3, 0.4) is 0 Å². The highest BCUT2D eigenvalue weighted by Gasteiger charge is 2.26. The second kappa shape index (κ2) is 14.2. The summed E-state index contributed by atoms with van der Waals surface area (Å²) in [5.74, 6) is 4.45. The molecule has 1 atom stereocenters. The zero-order chi connectivity index (χ0) is 30.2. The van der Waals surface area contributed by atoms with Gasteiger partial charge in [-0.3, -0.25) is 9.59 Å². The van der Waals surface area contributed by atoms with Crippen LogP contribution in [0.25, 0.3) is 0 Å². The number of methoxy groups -OCH3 is 1. The molecule has 0 radical (unpaired) electrons. The Morgan fingerprint density at radius 2 is 1.98 bits per heavy atom. The van der Waals surface area contributed by atoms with Gasteiger partial charge < -0.3 is 34.9 Å². The minimum Gasteiger partial charge on any atom is -0.495 e. The predicted molar refractivity (Wildman–Crippen MR) is 164 cm³/mol. The quantitative estimate of drug-likeness (QED) is 0.320. The monoisotopic (exact) mass is 578 g/mol. The Balaban J connectivity index is 1.52. The largest absolute Gasteiger partial charge is 0.495 e. The molecule has 2 aliphatic rings. The number of nitrogens with one attached hydrogen (secondary N) is 2. The van der Waals surface area contributed by atoms with Gasteiger partial charge in [-0.15, -0.1) is 0 Å². The highest BCUT2D eigenvalue weighted by atomic mass is 16.6. The third kappa shape index (κ3) is 7.98. The van der Waals surface area contributed by atoms with Crippen molar-refractivity contribution >= 4 is 40.8 Å². The number of carbonyl (C=O) groups is 2. The normalized spacial score (nSPS) is 16.7. The van der Waals surface area contributed by atoms with E-state index in [0.717, 1.165) is 32.4 Å². The van der Waals surface area contributed by atoms with E-state index in [4.69, 9.17) is 14.6 Å². The van der Waals surface area contributed by atoms with Crippen LogP contribution < -0.4 is 25.2 Å². The van der Waals surface area contributed by atoms with Crippen molar-refractivity contribution in [2.45, 2.75) is 58.6 Å². The first-order valence-corrected chi connectivity index (χ1v) is 14.4. The van der Waals surface area contributed by atoms with Gasteiger partial charge in [0.15, 0.2) is 5.82 Å². The van der Waals surface area contributed by atoms with Crippen molar-refractivity contribution < 1.29 is 19.2 Å². The average molecular weight is 579 g/mol. The van der Waals surface area contributed by atoms with Gasteiger partial charge in [-0.25, -0.2) is 4.98 Å². The lowest BCUT2D eigenvalue weighted by atomic mass is 10.0. The van der Waals surface area contributed by atoms with Crippen molar-refractivity contribution in [3.05, 3.63) is 36.2 Å². The molecule has 226 valence electrons. The number of carbonyl (C=O) groups excluding carboxylic acids is 2. The van der Waals surface area contributed by atoms with E-state index in [1.54, 1.807) is 54.6 Å². The van der Waals surface area contributed by atoms with Gasteiger partial charge >= 0.3 is 0 Å². The zero-order valence-corrected chi connectivity index (χ0v) is 25.4. The third-order valence-corrected chi connectivity index (χ3v) is 7.39. The fourth-order valence-electron chi connectivity index (χ4n) is 5.02. The smallest absolute Gasteiger partial charge is 0.251 e. The van der Waals surface area contributed by atoms with Gasteiger partial charge in [0.05, 0.1) is 25.2 Å². The number of hydrogen-bond donors (Lipinski definition) is 2. The lowest BCUT2D eigenvalue weighted by Crippen LogP contribution is -2.43. The van der Waals surface area contributed by atoms with E-state index in [-0.39, 0.29) is 30.4 Å². The van der Waals surface area contributed by atoms with E-state index in [9.17, 15) is 9.59 Å². The highest BCUT2D eigenvalue weighted by molar-refractivity contribution is 5.98. The molecular weight excluding hydrogens is 536 g/mol. The second-order valence-electron chi connectivity index (χ2n) is 11.3. The molecule has 42 heavy (non-hydrogen) atoms. The molecular formula is C30H42N8O4. The van der Waals surface area contributed by atoms with Crippen LogP contribution in [-0.4, -0.2) is 85.5 Å². The number of benzene rings is 1. The Kier molecular flexibility index (Phi) is 10.4. The number of nitrogens with zero attached hydrogens (tertiary/aromatic N) is 6. The van der Waals surface area contributed by atoms with E-state index in [2.05, 4.69) is 52.4 Å². The molecule has 0 spiro atoms. The number of rotatable bonds is 10. The van der Waals surface area contributed by atoms with Crippen LogP contribution in [0.15, 0.2) is 35.8 Å². The summed E-state index contributed by atoms with van der Waals surface area (Å²) in [6.45, 7) is 8.55. The summed E-state index contributed by atoms with van der Waals surface area (Å²) in [5.41, 5.74) is 1.67. The molecule has 2 amide bonds. The molecule has 3 heterocycles. The maximum Gasteiger partial charge on any atom is 0.251 e. The van der Waals surface area contributed by atoms with Gasteiger partial charge in [0.25, 0.3) is 5.91 Å². The number of likely N-dealkylation sites (tertiary alicyclic amines) is 1. The molecule has 1 aromatic heterocycles. The van der Waals surface area contributed by atoms with E-state index >= 15 is 0 Å². The molecule has 12 nitrogen and oxygen atoms in total. The standard InChI is InChI=1S/C30H42N8O4/c1-20(2)17-21(3)42-32-12-16-38-15-11-27(39)37(5)25-19-31-30(35-28(25)38)34-24-8-7-22(18-26(24)41-6)29(40)33-23-9-13-36(4)14-10-23/h7-8,16,18-21,23H,9-11,13-15,17H2,1-6H3,(H,33,40)(H,31,34,35). The minimum atomic E-state index is -0.130. The number of fused-ring (bicyclic) bond motifs is 1. The highest BCUT2D eigenvalue weighted by Crippen LogP contribution is 2.33. The summed E-state index contributed by atoms with van der Waals surface area (Å²) in [5, 5.41) is 10.3. The van der Waals surface area contributed by atoms with Crippen LogP contribution in [0.4, 0.5) is 23.1 Å². The Hall–Kier alpha value is -4.15. The molecule has 0 bridgehead atoms. The van der Waals surface area contributed by atoms with Gasteiger partial charge in [0, 0.05) is 37.5 Å². The second-order valence-corrected chi connectivity index (χ2v) is 11.3. The van der Waals surface area contributed by atoms with Gasteiger partial charge in [-0.05, 0) is 75.6 Å². The molecule has 2 aliphatic heterocycles. The lowest BCUT2D eigenvalue weighted by Gasteiger charge is -2.29. The Labute approximate surface area is 247 Å². The molecule has 0 aliphatic carbocycles. The summed E-state index contributed by atoms with van der Waals surface area (Å²) in [4.78, 5) is 45.8. The fourth-order valence-corrected chi connectivity index (χ4v) is 5.02. The Morgan fingerprint density at radius 3 is 2.69 bits per heavy atom. The Bertz CT molecular complexity index is 1320. The summed E-state index contributed by atoms with van der Waals surface area (Å²) >= 11 is 0. The summed E-state index contributed by atoms with van der Waals surface area (Å²) < 4.78 is 5.60. The molecule has 1 fully saturated rings. The van der Waals surface area contributed by atoms with Gasteiger partial charge in [-0.2, -0.15) is 4.98 Å². The maximum absolute atomic E-state index is 12.9. The van der Waals surface area contributed by atoms with Crippen molar-refractivity contribution in [3.8, 4) is 5.75 Å².